The summed E-state index contributed by atoms with van der Waals surface area (Å²) in [5.74, 6) is 1.29. The predicted molar refractivity (Wildman–Crippen MR) is 57.4 cm³/mol. The van der Waals surface area contributed by atoms with Crippen LogP contribution in [0.1, 0.15) is 32.1 Å². The van der Waals surface area contributed by atoms with Crippen LogP contribution in [0.15, 0.2) is 23.3 Å². The molecule has 1 N–H and O–H groups in total. The van der Waals surface area contributed by atoms with Crippen molar-refractivity contribution >= 4 is 5.97 Å². The zero-order valence-electron chi connectivity index (χ0n) is 8.78. The Labute approximate surface area is 89.7 Å². The highest BCUT2D eigenvalue weighted by molar-refractivity contribution is 5.81. The number of aliphatic carboxylic acids is 1. The molecule has 0 saturated heterocycles. The Morgan fingerprint density at radius 3 is 2.80 bits per heavy atom. The normalized spacial score (nSPS) is 36.8. The fraction of sp³-hybridized carbons (Fsp3) is 0.615. The van der Waals surface area contributed by atoms with Crippen LogP contribution in [0.4, 0.5) is 0 Å². The number of carboxylic acids is 1. The molecule has 0 unspecified atom stereocenters. The second-order valence-electron chi connectivity index (χ2n) is 5.12. The minimum atomic E-state index is -0.783. The molecule has 0 spiro atoms. The first-order valence-electron chi connectivity index (χ1n) is 5.88. The number of carbonyl (C=O) groups is 1. The number of hydrogen-bond acceptors (Lipinski definition) is 1. The molecule has 0 radical (unpaired) electrons. The van der Waals surface area contributed by atoms with Crippen molar-refractivity contribution in [1.29, 1.82) is 0 Å². The Morgan fingerprint density at radius 1 is 1.40 bits per heavy atom. The SMILES string of the molecule is O=C(O)C=C1C[C@@H]2CC(C3CCC3)=C[C@H]12. The summed E-state index contributed by atoms with van der Waals surface area (Å²) in [6.45, 7) is 0. The Balaban J connectivity index is 1.73. The topological polar surface area (TPSA) is 37.3 Å². The van der Waals surface area contributed by atoms with E-state index in [2.05, 4.69) is 6.08 Å². The molecule has 3 rings (SSSR count). The maximum Gasteiger partial charge on any atom is 0.328 e. The van der Waals surface area contributed by atoms with Crippen molar-refractivity contribution in [2.75, 3.05) is 0 Å². The molecular formula is C13H16O2. The number of rotatable bonds is 2. The maximum atomic E-state index is 10.6. The van der Waals surface area contributed by atoms with Gasteiger partial charge in [-0.25, -0.2) is 4.79 Å². The summed E-state index contributed by atoms with van der Waals surface area (Å²) in [5, 5.41) is 8.70. The van der Waals surface area contributed by atoms with Crippen LogP contribution in [-0.4, -0.2) is 11.1 Å². The van der Waals surface area contributed by atoms with E-state index >= 15 is 0 Å². The molecule has 0 aliphatic heterocycles. The molecule has 0 bridgehead atoms. The average Bonchev–Trinajstić information content (AvgIpc) is 2.37. The third-order valence-corrected chi connectivity index (χ3v) is 4.26. The lowest BCUT2D eigenvalue weighted by atomic mass is 9.70. The van der Waals surface area contributed by atoms with Crippen LogP contribution in [0.25, 0.3) is 0 Å². The van der Waals surface area contributed by atoms with Crippen LogP contribution in [0.3, 0.4) is 0 Å². The van der Waals surface area contributed by atoms with Crippen LogP contribution >= 0.6 is 0 Å². The van der Waals surface area contributed by atoms with E-state index in [1.54, 1.807) is 5.57 Å². The molecule has 80 valence electrons. The summed E-state index contributed by atoms with van der Waals surface area (Å²) >= 11 is 0. The molecule has 2 atom stereocenters. The van der Waals surface area contributed by atoms with Crippen molar-refractivity contribution in [1.82, 2.24) is 0 Å². The molecule has 3 aliphatic carbocycles. The van der Waals surface area contributed by atoms with Gasteiger partial charge in [0.15, 0.2) is 0 Å². The first kappa shape index (κ1) is 9.20. The van der Waals surface area contributed by atoms with Gasteiger partial charge in [-0.2, -0.15) is 0 Å². The highest BCUT2D eigenvalue weighted by Gasteiger charge is 2.41. The fourth-order valence-corrected chi connectivity index (χ4v) is 3.15. The third-order valence-electron chi connectivity index (χ3n) is 4.26. The van der Waals surface area contributed by atoms with Gasteiger partial charge >= 0.3 is 5.97 Å². The third kappa shape index (κ3) is 1.43. The highest BCUT2D eigenvalue weighted by Crippen LogP contribution is 2.53. The average molecular weight is 204 g/mol. The summed E-state index contributed by atoms with van der Waals surface area (Å²) < 4.78 is 0. The molecule has 2 heteroatoms. The lowest BCUT2D eigenvalue weighted by Crippen LogP contribution is -2.24. The minimum Gasteiger partial charge on any atom is -0.478 e. The van der Waals surface area contributed by atoms with Crippen molar-refractivity contribution < 1.29 is 9.90 Å². The zero-order chi connectivity index (χ0) is 10.4. The Hall–Kier alpha value is -1.05. The second kappa shape index (κ2) is 3.22. The lowest BCUT2D eigenvalue weighted by molar-refractivity contribution is -0.131. The van der Waals surface area contributed by atoms with Crippen molar-refractivity contribution in [2.45, 2.75) is 32.1 Å². The van der Waals surface area contributed by atoms with Crippen LogP contribution in [0.5, 0.6) is 0 Å². The molecule has 0 aromatic heterocycles. The van der Waals surface area contributed by atoms with Crippen molar-refractivity contribution in [2.24, 2.45) is 17.8 Å². The first-order chi connectivity index (χ1) is 7.24. The van der Waals surface area contributed by atoms with E-state index in [1.807, 2.05) is 0 Å². The molecule has 2 saturated carbocycles. The van der Waals surface area contributed by atoms with E-state index in [4.69, 9.17) is 5.11 Å². The Bertz CT molecular complexity index is 361. The molecule has 0 aromatic carbocycles. The van der Waals surface area contributed by atoms with Gasteiger partial charge in [0.2, 0.25) is 0 Å². The Morgan fingerprint density at radius 2 is 2.20 bits per heavy atom. The van der Waals surface area contributed by atoms with Crippen LogP contribution < -0.4 is 0 Å². The fourth-order valence-electron chi connectivity index (χ4n) is 3.15. The lowest BCUT2D eigenvalue weighted by Gasteiger charge is -2.33. The van der Waals surface area contributed by atoms with Crippen LogP contribution in [0.2, 0.25) is 0 Å². The molecular weight excluding hydrogens is 188 g/mol. The number of carboxylic acid groups (broad SMARTS) is 1. The van der Waals surface area contributed by atoms with E-state index in [9.17, 15) is 4.79 Å². The van der Waals surface area contributed by atoms with Crippen LogP contribution in [-0.2, 0) is 4.79 Å². The number of fused-ring (bicyclic) bond motifs is 1. The van der Waals surface area contributed by atoms with E-state index in [1.165, 1.54) is 31.8 Å². The molecule has 3 aliphatic rings. The van der Waals surface area contributed by atoms with Crippen molar-refractivity contribution in [3.05, 3.63) is 23.3 Å². The number of allylic oxidation sites excluding steroid dienone is 3. The first-order valence-corrected chi connectivity index (χ1v) is 5.88. The van der Waals surface area contributed by atoms with E-state index in [0.717, 1.165) is 23.8 Å². The summed E-state index contributed by atoms with van der Waals surface area (Å²) in [7, 11) is 0. The smallest absolute Gasteiger partial charge is 0.328 e. The predicted octanol–water partition coefficient (Wildman–Crippen LogP) is 2.76. The van der Waals surface area contributed by atoms with E-state index in [-0.39, 0.29) is 0 Å². The molecule has 0 heterocycles. The molecule has 2 nitrogen and oxygen atoms in total. The minimum absolute atomic E-state index is 0.483. The molecule has 0 aromatic rings. The van der Waals surface area contributed by atoms with Gasteiger partial charge in [-0.1, -0.05) is 23.6 Å². The standard InChI is InChI=1S/C13H16O2/c14-13(15)7-11-5-10-4-9(6-12(10)11)8-2-1-3-8/h6-8,10,12H,1-5H2,(H,14,15)/t10-,12-/m0/s1. The summed E-state index contributed by atoms with van der Waals surface area (Å²) in [5.41, 5.74) is 2.77. The van der Waals surface area contributed by atoms with Gasteiger partial charge in [-0.05, 0) is 37.5 Å². The van der Waals surface area contributed by atoms with Crippen molar-refractivity contribution in [3.63, 3.8) is 0 Å². The van der Waals surface area contributed by atoms with Gasteiger partial charge in [0.05, 0.1) is 0 Å². The molecule has 0 amide bonds. The highest BCUT2D eigenvalue weighted by atomic mass is 16.4. The monoisotopic (exact) mass is 204 g/mol. The second-order valence-corrected chi connectivity index (χ2v) is 5.12. The molecule has 15 heavy (non-hydrogen) atoms. The molecule has 2 fully saturated rings. The summed E-state index contributed by atoms with van der Waals surface area (Å²) in [4.78, 5) is 10.6. The summed E-state index contributed by atoms with van der Waals surface area (Å²) in [6.07, 6.45) is 10.2. The van der Waals surface area contributed by atoms with Gasteiger partial charge in [0.1, 0.15) is 0 Å². The van der Waals surface area contributed by atoms with Gasteiger partial charge in [0, 0.05) is 12.0 Å². The van der Waals surface area contributed by atoms with Gasteiger partial charge in [-0.15, -0.1) is 0 Å². The van der Waals surface area contributed by atoms with Gasteiger partial charge in [-0.3, -0.25) is 0 Å². The quantitative estimate of drug-likeness (QED) is 0.554. The maximum absolute atomic E-state index is 10.6. The van der Waals surface area contributed by atoms with E-state index in [0.29, 0.717) is 5.92 Å². The summed E-state index contributed by atoms with van der Waals surface area (Å²) in [6, 6.07) is 0. The van der Waals surface area contributed by atoms with Gasteiger partial charge in [0.25, 0.3) is 0 Å². The largest absolute Gasteiger partial charge is 0.478 e. The van der Waals surface area contributed by atoms with Gasteiger partial charge < -0.3 is 5.11 Å². The Kier molecular flexibility index (Phi) is 1.98. The van der Waals surface area contributed by atoms with Crippen molar-refractivity contribution in [3.8, 4) is 0 Å². The number of hydrogen-bond donors (Lipinski definition) is 1. The zero-order valence-corrected chi connectivity index (χ0v) is 8.78. The van der Waals surface area contributed by atoms with E-state index < -0.39 is 5.97 Å². The van der Waals surface area contributed by atoms with Crippen LogP contribution in [0, 0.1) is 17.8 Å².